The molecule has 3 atom stereocenters. The lowest BCUT2D eigenvalue weighted by Crippen LogP contribution is -2.28. The topological polar surface area (TPSA) is 51.0 Å². The third kappa shape index (κ3) is 3.69. The molecule has 1 N–H and O–H groups in total. The average molecular weight is 291 g/mol. The smallest absolute Gasteiger partial charge is 0.161 e. The van der Waals surface area contributed by atoms with Crippen LogP contribution in [0.3, 0.4) is 0 Å². The van der Waals surface area contributed by atoms with Crippen LogP contribution in [0.1, 0.15) is 45.6 Å². The zero-order chi connectivity index (χ0) is 15.4. The van der Waals surface area contributed by atoms with Crippen LogP contribution in [-0.4, -0.2) is 24.1 Å². The minimum Gasteiger partial charge on any atom is -0.493 e. The Morgan fingerprint density at radius 3 is 2.57 bits per heavy atom. The highest BCUT2D eigenvalue weighted by molar-refractivity contribution is 5.98. The fourth-order valence-corrected chi connectivity index (χ4v) is 2.83. The van der Waals surface area contributed by atoms with Gasteiger partial charge in [0.2, 0.25) is 0 Å². The van der Waals surface area contributed by atoms with Gasteiger partial charge in [0.25, 0.3) is 0 Å². The molecule has 0 heterocycles. The molecule has 4 heteroatoms. The summed E-state index contributed by atoms with van der Waals surface area (Å²) in [5.41, 5.74) is 1.38. The number of hydrogen-bond acceptors (Lipinski definition) is 4. The lowest BCUT2D eigenvalue weighted by molar-refractivity contribution is 0.0977. The molecule has 0 aromatic heterocycles. The second-order valence-electron chi connectivity index (χ2n) is 6.06. The summed E-state index contributed by atoms with van der Waals surface area (Å²) in [4.78, 5) is 0. The van der Waals surface area contributed by atoms with E-state index in [0.29, 0.717) is 17.4 Å². The Morgan fingerprint density at radius 1 is 1.19 bits per heavy atom. The zero-order valence-electron chi connectivity index (χ0n) is 13.3. The van der Waals surface area contributed by atoms with Gasteiger partial charge in [-0.1, -0.05) is 19.0 Å². The normalized spacial score (nSPS) is 26.5. The van der Waals surface area contributed by atoms with E-state index in [0.717, 1.165) is 30.1 Å². The maximum absolute atomic E-state index is 8.85. The Balaban J connectivity index is 2.13. The molecule has 1 aromatic carbocycles. The van der Waals surface area contributed by atoms with Gasteiger partial charge < -0.3 is 14.7 Å². The predicted octanol–water partition coefficient (Wildman–Crippen LogP) is 4.10. The molecule has 1 saturated carbocycles. The maximum Gasteiger partial charge on any atom is 0.161 e. The molecule has 1 aliphatic rings. The van der Waals surface area contributed by atoms with Gasteiger partial charge in [0.15, 0.2) is 11.5 Å². The molecule has 0 bridgehead atoms. The Morgan fingerprint density at radius 2 is 1.95 bits per heavy atom. The van der Waals surface area contributed by atoms with Gasteiger partial charge in [0.05, 0.1) is 18.9 Å². The third-order valence-electron chi connectivity index (χ3n) is 4.58. The van der Waals surface area contributed by atoms with Crippen molar-refractivity contribution in [3.63, 3.8) is 0 Å². The van der Waals surface area contributed by atoms with Crippen LogP contribution in [0.4, 0.5) is 0 Å². The molecule has 3 unspecified atom stereocenters. The van der Waals surface area contributed by atoms with Crippen molar-refractivity contribution in [1.82, 2.24) is 0 Å². The first-order valence-corrected chi connectivity index (χ1v) is 7.58. The summed E-state index contributed by atoms with van der Waals surface area (Å²) in [6.45, 7) is 6.36. The van der Waals surface area contributed by atoms with Crippen molar-refractivity contribution < 1.29 is 14.7 Å². The summed E-state index contributed by atoms with van der Waals surface area (Å²) >= 11 is 0. The molecule has 21 heavy (non-hydrogen) atoms. The number of ether oxygens (including phenoxy) is 2. The van der Waals surface area contributed by atoms with Gasteiger partial charge in [0.1, 0.15) is 0 Å². The van der Waals surface area contributed by atoms with Crippen LogP contribution in [-0.2, 0) is 0 Å². The minimum atomic E-state index is 0.253. The summed E-state index contributed by atoms with van der Waals surface area (Å²) in [5.74, 6) is 2.91. The molecule has 1 fully saturated rings. The first-order valence-electron chi connectivity index (χ1n) is 7.58. The highest BCUT2D eigenvalue weighted by Gasteiger charge is 2.26. The van der Waals surface area contributed by atoms with E-state index in [1.54, 1.807) is 14.0 Å². The molecule has 116 valence electrons. The lowest BCUT2D eigenvalue weighted by atomic mass is 9.80. The summed E-state index contributed by atoms with van der Waals surface area (Å²) in [6, 6.07) is 5.63. The summed E-state index contributed by atoms with van der Waals surface area (Å²) in [7, 11) is 1.63. The van der Waals surface area contributed by atoms with E-state index in [2.05, 4.69) is 19.0 Å². The number of nitrogens with zero attached hydrogens (tertiary/aromatic N) is 1. The van der Waals surface area contributed by atoms with E-state index >= 15 is 0 Å². The van der Waals surface area contributed by atoms with E-state index in [4.69, 9.17) is 14.7 Å². The van der Waals surface area contributed by atoms with Gasteiger partial charge in [-0.3, -0.25) is 0 Å². The summed E-state index contributed by atoms with van der Waals surface area (Å²) in [6.07, 6.45) is 3.64. The molecule has 0 spiro atoms. The van der Waals surface area contributed by atoms with E-state index in [1.807, 2.05) is 18.2 Å². The van der Waals surface area contributed by atoms with Gasteiger partial charge in [0, 0.05) is 5.56 Å². The molecule has 0 saturated heterocycles. The fourth-order valence-electron chi connectivity index (χ4n) is 2.83. The van der Waals surface area contributed by atoms with E-state index in [9.17, 15) is 0 Å². The van der Waals surface area contributed by atoms with Gasteiger partial charge in [-0.25, -0.2) is 0 Å². The van der Waals surface area contributed by atoms with Gasteiger partial charge in [-0.15, -0.1) is 0 Å². The Hall–Kier alpha value is -1.71. The molecule has 0 radical (unpaired) electrons. The second-order valence-corrected chi connectivity index (χ2v) is 6.06. The van der Waals surface area contributed by atoms with E-state index in [1.165, 1.54) is 6.42 Å². The van der Waals surface area contributed by atoms with Crippen LogP contribution in [0, 0.1) is 11.8 Å². The van der Waals surface area contributed by atoms with E-state index < -0.39 is 0 Å². The standard InChI is InChI=1S/C17H25NO3/c1-11-5-7-15(9-12(11)2)21-16-8-6-14(13(3)18-19)10-17(16)20-4/h6,8,10-12,15,19H,5,7,9H2,1-4H3. The highest BCUT2D eigenvalue weighted by atomic mass is 16.5. The lowest BCUT2D eigenvalue weighted by Gasteiger charge is -2.32. The minimum absolute atomic E-state index is 0.253. The van der Waals surface area contributed by atoms with Crippen LogP contribution < -0.4 is 9.47 Å². The largest absolute Gasteiger partial charge is 0.493 e. The van der Waals surface area contributed by atoms with Crippen LogP contribution >= 0.6 is 0 Å². The first kappa shape index (κ1) is 15.7. The van der Waals surface area contributed by atoms with Crippen LogP contribution in [0.25, 0.3) is 0 Å². The van der Waals surface area contributed by atoms with Crippen molar-refractivity contribution in [2.24, 2.45) is 17.0 Å². The number of benzene rings is 1. The summed E-state index contributed by atoms with van der Waals surface area (Å²) in [5, 5.41) is 12.1. The molecular weight excluding hydrogens is 266 g/mol. The van der Waals surface area contributed by atoms with Crippen LogP contribution in [0.15, 0.2) is 23.4 Å². The number of oxime groups is 1. The summed E-state index contributed by atoms with van der Waals surface area (Å²) < 4.78 is 11.5. The Bertz CT molecular complexity index is 513. The molecule has 1 aliphatic carbocycles. The predicted molar refractivity (Wildman–Crippen MR) is 83.6 cm³/mol. The van der Waals surface area contributed by atoms with Crippen molar-refractivity contribution >= 4 is 5.71 Å². The first-order chi connectivity index (χ1) is 10.0. The fraction of sp³-hybridized carbons (Fsp3) is 0.588. The van der Waals surface area contributed by atoms with Crippen molar-refractivity contribution in [2.75, 3.05) is 7.11 Å². The molecule has 2 rings (SSSR count). The monoisotopic (exact) mass is 291 g/mol. The number of hydrogen-bond donors (Lipinski definition) is 1. The molecule has 0 aliphatic heterocycles. The quantitative estimate of drug-likeness (QED) is 0.516. The van der Waals surface area contributed by atoms with E-state index in [-0.39, 0.29) is 6.10 Å². The van der Waals surface area contributed by atoms with Gasteiger partial charge in [-0.2, -0.15) is 0 Å². The van der Waals surface area contributed by atoms with Crippen molar-refractivity contribution in [3.05, 3.63) is 23.8 Å². The van der Waals surface area contributed by atoms with Crippen molar-refractivity contribution in [3.8, 4) is 11.5 Å². The molecule has 4 nitrogen and oxygen atoms in total. The van der Waals surface area contributed by atoms with Gasteiger partial charge in [-0.05, 0) is 56.2 Å². The van der Waals surface area contributed by atoms with Crippen molar-refractivity contribution in [1.29, 1.82) is 0 Å². The SMILES string of the molecule is COc1cc(C(C)=NO)ccc1OC1CCC(C)C(C)C1. The molecular formula is C17H25NO3. The zero-order valence-corrected chi connectivity index (χ0v) is 13.3. The van der Waals surface area contributed by atoms with Crippen molar-refractivity contribution in [2.45, 2.75) is 46.1 Å². The molecule has 0 amide bonds. The average Bonchev–Trinajstić information content (AvgIpc) is 2.50. The third-order valence-corrected chi connectivity index (χ3v) is 4.58. The number of methoxy groups -OCH3 is 1. The Labute approximate surface area is 126 Å². The molecule has 1 aromatic rings. The maximum atomic E-state index is 8.85. The van der Waals surface area contributed by atoms with Crippen LogP contribution in [0.5, 0.6) is 11.5 Å². The Kier molecular flexibility index (Phi) is 5.10. The van der Waals surface area contributed by atoms with Crippen LogP contribution in [0.2, 0.25) is 0 Å². The second kappa shape index (κ2) is 6.83. The van der Waals surface area contributed by atoms with Gasteiger partial charge >= 0.3 is 0 Å². The highest BCUT2D eigenvalue weighted by Crippen LogP contribution is 2.35. The number of rotatable bonds is 4.